The number of ether oxygens (including phenoxy) is 2. The summed E-state index contributed by atoms with van der Waals surface area (Å²) in [6.07, 6.45) is 9.30. The average Bonchev–Trinajstić information content (AvgIpc) is 3.18. The van der Waals surface area contributed by atoms with Crippen LogP contribution >= 0.6 is 22.6 Å². The second-order valence-electron chi connectivity index (χ2n) is 10.7. The number of halogens is 1. The largest absolute Gasteiger partial charge is 0.493 e. The summed E-state index contributed by atoms with van der Waals surface area (Å²) in [4.78, 5) is 40.3. The predicted molar refractivity (Wildman–Crippen MR) is 154 cm³/mol. The number of aliphatic hydroxyl groups is 2. The van der Waals surface area contributed by atoms with E-state index in [9.17, 15) is 24.6 Å². The maximum atomic E-state index is 13.9. The van der Waals surface area contributed by atoms with Gasteiger partial charge in [0, 0.05) is 36.1 Å². The number of methoxy groups -OCH3 is 1. The Balaban J connectivity index is 1.71. The Morgan fingerprint density at radius 2 is 1.85 bits per heavy atom. The lowest BCUT2D eigenvalue weighted by molar-refractivity contribution is -0.149. The highest BCUT2D eigenvalue weighted by molar-refractivity contribution is 14.1. The molecule has 0 aromatic heterocycles. The highest BCUT2D eigenvalue weighted by Gasteiger charge is 2.45. The zero-order valence-corrected chi connectivity index (χ0v) is 24.6. The van der Waals surface area contributed by atoms with Crippen molar-refractivity contribution in [3.05, 3.63) is 32.9 Å². The van der Waals surface area contributed by atoms with Crippen LogP contribution in [0.15, 0.2) is 23.8 Å². The molecule has 0 saturated heterocycles. The number of aliphatic hydroxyl groups excluding tert-OH is 2. The van der Waals surface area contributed by atoms with Gasteiger partial charge in [-0.2, -0.15) is 0 Å². The lowest BCUT2D eigenvalue weighted by Gasteiger charge is -2.46. The van der Waals surface area contributed by atoms with Crippen LogP contribution in [0.1, 0.15) is 74.6 Å². The molecule has 214 valence electrons. The lowest BCUT2D eigenvalue weighted by atomic mass is 9.81. The van der Waals surface area contributed by atoms with Crippen molar-refractivity contribution in [1.29, 1.82) is 0 Å². The number of carbonyl (C=O) groups is 3. The summed E-state index contributed by atoms with van der Waals surface area (Å²) < 4.78 is 12.4. The molecule has 10 heteroatoms. The molecule has 0 aliphatic heterocycles. The standard InChI is InChI=1S/C29H39IN2O7/c1-38-25-14-18(17-34)13-22(30)27(25)39-24-16-20(28(36)31-11-12-33)15-23(26(24)35)32(29(37)19-7-6-8-19)21-9-4-2-3-5-10-21/h13-14,16-17,19,21,23-24,26,33,35H,2-12,15H2,1H3,(H,31,36)/t23-,24+,26+/m1/s1. The molecule has 4 rings (SSSR count). The molecule has 9 nitrogen and oxygen atoms in total. The molecule has 2 amide bonds. The van der Waals surface area contributed by atoms with Crippen LogP contribution in [0.2, 0.25) is 0 Å². The molecule has 1 aromatic carbocycles. The van der Waals surface area contributed by atoms with E-state index in [2.05, 4.69) is 27.9 Å². The topological polar surface area (TPSA) is 125 Å². The molecule has 3 aliphatic carbocycles. The van der Waals surface area contributed by atoms with Crippen LogP contribution in [0.3, 0.4) is 0 Å². The number of hydrogen-bond donors (Lipinski definition) is 3. The van der Waals surface area contributed by atoms with E-state index in [0.29, 0.717) is 26.2 Å². The fourth-order valence-electron chi connectivity index (χ4n) is 5.82. The normalized spacial score (nSPS) is 24.1. The molecule has 2 saturated carbocycles. The Morgan fingerprint density at radius 3 is 2.44 bits per heavy atom. The summed E-state index contributed by atoms with van der Waals surface area (Å²) in [6, 6.07) is 2.59. The maximum Gasteiger partial charge on any atom is 0.247 e. The first-order valence-corrected chi connectivity index (χ1v) is 15.0. The zero-order chi connectivity index (χ0) is 27.9. The number of hydrogen-bond acceptors (Lipinski definition) is 7. The number of nitrogens with zero attached hydrogens (tertiary/aromatic N) is 1. The van der Waals surface area contributed by atoms with Crippen molar-refractivity contribution in [3.8, 4) is 11.5 Å². The van der Waals surface area contributed by atoms with E-state index in [-0.39, 0.29) is 43.3 Å². The third-order valence-electron chi connectivity index (χ3n) is 8.14. The van der Waals surface area contributed by atoms with Gasteiger partial charge in [-0.25, -0.2) is 0 Å². The predicted octanol–water partition coefficient (Wildman–Crippen LogP) is 3.38. The van der Waals surface area contributed by atoms with E-state index >= 15 is 0 Å². The van der Waals surface area contributed by atoms with Crippen molar-refractivity contribution < 1.29 is 34.1 Å². The van der Waals surface area contributed by atoms with Crippen molar-refractivity contribution in [1.82, 2.24) is 10.2 Å². The number of nitrogens with one attached hydrogen (secondary N) is 1. The summed E-state index contributed by atoms with van der Waals surface area (Å²) in [7, 11) is 1.47. The minimum Gasteiger partial charge on any atom is -0.493 e. The summed E-state index contributed by atoms with van der Waals surface area (Å²) in [5.74, 6) is 0.351. The van der Waals surface area contributed by atoms with Gasteiger partial charge in [-0.1, -0.05) is 32.1 Å². The SMILES string of the molecule is COc1cc(C=O)cc(I)c1O[C@H]1C=C(C(=O)NCCO)C[C@@H](N(C(=O)C2CCC2)C2CCCCCC2)[C@@H]1O. The molecule has 2 fully saturated rings. The number of amides is 2. The fraction of sp³-hybridized carbons (Fsp3) is 0.621. The van der Waals surface area contributed by atoms with Crippen LogP contribution in [0.4, 0.5) is 0 Å². The smallest absolute Gasteiger partial charge is 0.247 e. The van der Waals surface area contributed by atoms with Gasteiger partial charge in [0.25, 0.3) is 0 Å². The van der Waals surface area contributed by atoms with Crippen LogP contribution < -0.4 is 14.8 Å². The maximum absolute atomic E-state index is 13.9. The molecule has 0 bridgehead atoms. The minimum atomic E-state index is -1.09. The minimum absolute atomic E-state index is 0.00213. The first-order valence-electron chi connectivity index (χ1n) is 14.0. The van der Waals surface area contributed by atoms with Crippen LogP contribution in [-0.2, 0) is 9.59 Å². The van der Waals surface area contributed by atoms with Crippen LogP contribution in [0.5, 0.6) is 11.5 Å². The van der Waals surface area contributed by atoms with Gasteiger partial charge >= 0.3 is 0 Å². The van der Waals surface area contributed by atoms with Gasteiger partial charge in [-0.3, -0.25) is 14.4 Å². The highest BCUT2D eigenvalue weighted by Crippen LogP contribution is 2.39. The molecular weight excluding hydrogens is 615 g/mol. The summed E-state index contributed by atoms with van der Waals surface area (Å²) >= 11 is 2.05. The van der Waals surface area contributed by atoms with Crippen molar-refractivity contribution >= 4 is 40.7 Å². The summed E-state index contributed by atoms with van der Waals surface area (Å²) in [5.41, 5.74) is 0.832. The molecule has 3 aliphatic rings. The molecule has 0 spiro atoms. The lowest BCUT2D eigenvalue weighted by Crippen LogP contribution is -2.59. The van der Waals surface area contributed by atoms with Gasteiger partial charge in [0.05, 0.1) is 23.3 Å². The molecular formula is C29H39IN2O7. The highest BCUT2D eigenvalue weighted by atomic mass is 127. The van der Waals surface area contributed by atoms with Gasteiger partial charge in [0.15, 0.2) is 11.5 Å². The van der Waals surface area contributed by atoms with E-state index in [0.717, 1.165) is 64.1 Å². The first-order chi connectivity index (χ1) is 18.9. The van der Waals surface area contributed by atoms with Crippen molar-refractivity contribution in [2.75, 3.05) is 20.3 Å². The first kappa shape index (κ1) is 29.8. The van der Waals surface area contributed by atoms with E-state index < -0.39 is 18.2 Å². The van der Waals surface area contributed by atoms with Gasteiger partial charge in [-0.05, 0) is 66.5 Å². The average molecular weight is 655 g/mol. The Morgan fingerprint density at radius 1 is 1.13 bits per heavy atom. The second-order valence-corrected chi connectivity index (χ2v) is 11.8. The van der Waals surface area contributed by atoms with Crippen molar-refractivity contribution in [2.24, 2.45) is 5.92 Å². The van der Waals surface area contributed by atoms with E-state index in [1.54, 1.807) is 18.2 Å². The van der Waals surface area contributed by atoms with E-state index in [1.807, 2.05) is 4.90 Å². The van der Waals surface area contributed by atoms with Crippen LogP contribution in [0, 0.1) is 9.49 Å². The third-order valence-corrected chi connectivity index (χ3v) is 8.94. The quantitative estimate of drug-likeness (QED) is 0.201. The van der Waals surface area contributed by atoms with Gasteiger partial charge in [0.1, 0.15) is 18.5 Å². The molecule has 39 heavy (non-hydrogen) atoms. The summed E-state index contributed by atoms with van der Waals surface area (Å²) in [5, 5.41) is 23.7. The fourth-order valence-corrected chi connectivity index (χ4v) is 6.57. The molecule has 1 aromatic rings. The van der Waals surface area contributed by atoms with E-state index in [4.69, 9.17) is 9.47 Å². The van der Waals surface area contributed by atoms with Crippen molar-refractivity contribution in [2.45, 2.75) is 88.5 Å². The number of carbonyl (C=O) groups excluding carboxylic acids is 3. The second kappa shape index (κ2) is 13.9. The third kappa shape index (κ3) is 6.94. The zero-order valence-electron chi connectivity index (χ0n) is 22.4. The Labute approximate surface area is 243 Å². The van der Waals surface area contributed by atoms with Crippen LogP contribution in [-0.4, -0.2) is 77.8 Å². The molecule has 0 radical (unpaired) electrons. The van der Waals surface area contributed by atoms with E-state index in [1.165, 1.54) is 7.11 Å². The number of aldehydes is 1. The summed E-state index contributed by atoms with van der Waals surface area (Å²) in [6.45, 7) is -0.0982. The number of benzene rings is 1. The van der Waals surface area contributed by atoms with Gasteiger partial charge in [0.2, 0.25) is 11.8 Å². The monoisotopic (exact) mass is 654 g/mol. The molecule has 0 heterocycles. The molecule has 3 atom stereocenters. The van der Waals surface area contributed by atoms with Gasteiger partial charge in [-0.15, -0.1) is 0 Å². The molecule has 0 unspecified atom stereocenters. The Hall–Kier alpha value is -2.18. The van der Waals surface area contributed by atoms with Crippen molar-refractivity contribution in [3.63, 3.8) is 0 Å². The van der Waals surface area contributed by atoms with Gasteiger partial charge < -0.3 is 29.9 Å². The molecule has 3 N–H and O–H groups in total. The Bertz CT molecular complexity index is 1070. The number of rotatable bonds is 10. The Kier molecular flexibility index (Phi) is 10.6. The van der Waals surface area contributed by atoms with Crippen LogP contribution in [0.25, 0.3) is 0 Å².